The maximum absolute atomic E-state index is 12.2. The van der Waals surface area contributed by atoms with Crippen molar-refractivity contribution in [1.29, 1.82) is 0 Å². The maximum atomic E-state index is 12.2. The summed E-state index contributed by atoms with van der Waals surface area (Å²) in [5.41, 5.74) is 0. The lowest BCUT2D eigenvalue weighted by Gasteiger charge is -2.41. The molecule has 1 saturated heterocycles. The predicted octanol–water partition coefficient (Wildman–Crippen LogP) is 0.0911. The van der Waals surface area contributed by atoms with Crippen LogP contribution in [0.15, 0.2) is 0 Å². The molecule has 0 aromatic heterocycles. The lowest BCUT2D eigenvalue weighted by atomic mass is 10.0. The number of likely N-dealkylation sites (tertiary alicyclic amines) is 1. The van der Waals surface area contributed by atoms with Crippen LogP contribution in [-0.4, -0.2) is 69.1 Å². The minimum Gasteiger partial charge on any atom is -0.469 e. The van der Waals surface area contributed by atoms with Gasteiger partial charge >= 0.3 is 11.9 Å². The Labute approximate surface area is 129 Å². The molecule has 1 heterocycles. The molecule has 1 rings (SSSR count). The molecule has 0 radical (unpaired) electrons. The molecule has 0 spiro atoms. The van der Waals surface area contributed by atoms with Crippen molar-refractivity contribution >= 4 is 17.8 Å². The standard InChI is InChI=1S/C14H23NO7/c1-14(21-4,22-5)10(8-12(17)19-2)15-9(13(18)20-3)6-7-11(15)16/h9-10H,6-8H2,1-5H3. The Kier molecular flexibility index (Phi) is 6.31. The molecular formula is C14H23NO7. The monoisotopic (exact) mass is 317 g/mol. The van der Waals surface area contributed by atoms with E-state index in [4.69, 9.17) is 14.2 Å². The van der Waals surface area contributed by atoms with Crippen LogP contribution in [-0.2, 0) is 33.3 Å². The van der Waals surface area contributed by atoms with Crippen LogP contribution in [0.25, 0.3) is 0 Å². The first-order chi connectivity index (χ1) is 10.3. The van der Waals surface area contributed by atoms with Crippen LogP contribution < -0.4 is 0 Å². The lowest BCUT2D eigenvalue weighted by molar-refractivity contribution is -0.235. The van der Waals surface area contributed by atoms with Gasteiger partial charge in [-0.3, -0.25) is 9.59 Å². The summed E-state index contributed by atoms with van der Waals surface area (Å²) in [5.74, 6) is -2.59. The Morgan fingerprint density at radius 1 is 1.23 bits per heavy atom. The van der Waals surface area contributed by atoms with Crippen molar-refractivity contribution in [2.24, 2.45) is 0 Å². The lowest BCUT2D eigenvalue weighted by Crippen LogP contribution is -2.58. The minimum atomic E-state index is -1.26. The molecule has 1 aliphatic rings. The average molecular weight is 317 g/mol. The summed E-state index contributed by atoms with van der Waals surface area (Å²) >= 11 is 0. The SMILES string of the molecule is COC(=O)CC(N1C(=O)CCC1C(=O)OC)C(C)(OC)OC. The van der Waals surface area contributed by atoms with Gasteiger partial charge in [-0.05, 0) is 13.3 Å². The van der Waals surface area contributed by atoms with Crippen molar-refractivity contribution in [2.45, 2.75) is 44.1 Å². The fourth-order valence-corrected chi connectivity index (χ4v) is 2.59. The molecule has 0 N–H and O–H groups in total. The number of nitrogens with zero attached hydrogens (tertiary/aromatic N) is 1. The fourth-order valence-electron chi connectivity index (χ4n) is 2.59. The molecule has 126 valence electrons. The highest BCUT2D eigenvalue weighted by molar-refractivity contribution is 5.89. The topological polar surface area (TPSA) is 91.4 Å². The van der Waals surface area contributed by atoms with Crippen LogP contribution in [0.5, 0.6) is 0 Å². The number of methoxy groups -OCH3 is 4. The van der Waals surface area contributed by atoms with Crippen molar-refractivity contribution < 1.29 is 33.3 Å². The molecule has 0 aliphatic carbocycles. The van der Waals surface area contributed by atoms with Crippen molar-refractivity contribution in [3.05, 3.63) is 0 Å². The highest BCUT2D eigenvalue weighted by Gasteiger charge is 2.49. The van der Waals surface area contributed by atoms with Crippen molar-refractivity contribution in [3.8, 4) is 0 Å². The van der Waals surface area contributed by atoms with Crippen LogP contribution in [0.1, 0.15) is 26.2 Å². The second-order valence-electron chi connectivity index (χ2n) is 5.10. The van der Waals surface area contributed by atoms with Gasteiger partial charge in [-0.1, -0.05) is 0 Å². The van der Waals surface area contributed by atoms with Gasteiger partial charge in [0.2, 0.25) is 5.91 Å². The van der Waals surface area contributed by atoms with E-state index in [0.29, 0.717) is 6.42 Å². The van der Waals surface area contributed by atoms with Crippen LogP contribution >= 0.6 is 0 Å². The second kappa shape index (κ2) is 7.55. The first-order valence-electron chi connectivity index (χ1n) is 6.90. The van der Waals surface area contributed by atoms with E-state index in [9.17, 15) is 14.4 Å². The molecule has 0 saturated carbocycles. The Morgan fingerprint density at radius 3 is 2.27 bits per heavy atom. The first-order valence-corrected chi connectivity index (χ1v) is 6.90. The zero-order valence-corrected chi connectivity index (χ0v) is 13.6. The zero-order chi connectivity index (χ0) is 16.9. The quantitative estimate of drug-likeness (QED) is 0.485. The van der Waals surface area contributed by atoms with Gasteiger partial charge in [-0.2, -0.15) is 0 Å². The molecule has 1 fully saturated rings. The van der Waals surface area contributed by atoms with Crippen LogP contribution in [0.4, 0.5) is 0 Å². The predicted molar refractivity (Wildman–Crippen MR) is 74.7 cm³/mol. The van der Waals surface area contributed by atoms with Crippen molar-refractivity contribution in [1.82, 2.24) is 4.90 Å². The molecule has 0 aromatic rings. The summed E-state index contributed by atoms with van der Waals surface area (Å²) in [5, 5.41) is 0. The Morgan fingerprint density at radius 2 is 1.82 bits per heavy atom. The van der Waals surface area contributed by atoms with E-state index in [-0.39, 0.29) is 18.7 Å². The molecule has 0 bridgehead atoms. The fraction of sp³-hybridized carbons (Fsp3) is 0.786. The van der Waals surface area contributed by atoms with Crippen LogP contribution in [0.2, 0.25) is 0 Å². The smallest absolute Gasteiger partial charge is 0.328 e. The van der Waals surface area contributed by atoms with E-state index >= 15 is 0 Å². The average Bonchev–Trinajstić information content (AvgIpc) is 2.92. The summed E-state index contributed by atoms with van der Waals surface area (Å²) < 4.78 is 20.1. The normalized spacial score (nSPS) is 20.0. The minimum absolute atomic E-state index is 0.159. The van der Waals surface area contributed by atoms with Crippen LogP contribution in [0, 0.1) is 0 Å². The molecule has 1 amide bonds. The molecule has 8 nitrogen and oxygen atoms in total. The molecule has 1 aliphatic heterocycles. The van der Waals surface area contributed by atoms with Crippen LogP contribution in [0.3, 0.4) is 0 Å². The van der Waals surface area contributed by atoms with E-state index in [1.807, 2.05) is 0 Å². The summed E-state index contributed by atoms with van der Waals surface area (Å²) in [6.07, 6.45) is 0.363. The summed E-state index contributed by atoms with van der Waals surface area (Å²) in [4.78, 5) is 37.2. The third kappa shape index (κ3) is 3.56. The number of rotatable bonds is 7. The number of esters is 2. The highest BCUT2D eigenvalue weighted by atomic mass is 16.7. The Balaban J connectivity index is 3.19. The number of amides is 1. The Hall–Kier alpha value is -1.67. The summed E-state index contributed by atoms with van der Waals surface area (Å²) in [7, 11) is 5.31. The van der Waals surface area contributed by atoms with E-state index < -0.39 is 29.8 Å². The molecule has 2 atom stereocenters. The van der Waals surface area contributed by atoms with Gasteiger partial charge in [0.25, 0.3) is 0 Å². The van der Waals surface area contributed by atoms with E-state index in [2.05, 4.69) is 4.74 Å². The van der Waals surface area contributed by atoms with Gasteiger partial charge in [0, 0.05) is 20.6 Å². The zero-order valence-electron chi connectivity index (χ0n) is 13.6. The Bertz CT molecular complexity index is 433. The number of carbonyl (C=O) groups is 3. The van der Waals surface area contributed by atoms with E-state index in [0.717, 1.165) is 0 Å². The third-order valence-electron chi connectivity index (χ3n) is 4.07. The van der Waals surface area contributed by atoms with Gasteiger partial charge in [0.15, 0.2) is 5.79 Å². The second-order valence-corrected chi connectivity index (χ2v) is 5.10. The van der Waals surface area contributed by atoms with E-state index in [1.165, 1.54) is 33.3 Å². The largest absolute Gasteiger partial charge is 0.469 e. The molecule has 8 heteroatoms. The molecule has 0 aromatic carbocycles. The third-order valence-corrected chi connectivity index (χ3v) is 4.07. The van der Waals surface area contributed by atoms with Crippen molar-refractivity contribution in [2.75, 3.05) is 28.4 Å². The van der Waals surface area contributed by atoms with Gasteiger partial charge in [0.05, 0.1) is 26.7 Å². The van der Waals surface area contributed by atoms with Gasteiger partial charge in [-0.25, -0.2) is 4.79 Å². The number of hydrogen-bond donors (Lipinski definition) is 0. The molecular weight excluding hydrogens is 294 g/mol. The number of hydrogen-bond acceptors (Lipinski definition) is 7. The first kappa shape index (κ1) is 18.4. The van der Waals surface area contributed by atoms with Gasteiger partial charge in [0.1, 0.15) is 6.04 Å². The van der Waals surface area contributed by atoms with Gasteiger partial charge in [-0.15, -0.1) is 0 Å². The molecule has 22 heavy (non-hydrogen) atoms. The summed E-state index contributed by atoms with van der Waals surface area (Å²) in [6.45, 7) is 1.60. The molecule has 2 unspecified atom stereocenters. The van der Waals surface area contributed by atoms with Gasteiger partial charge < -0.3 is 23.8 Å². The maximum Gasteiger partial charge on any atom is 0.328 e. The highest BCUT2D eigenvalue weighted by Crippen LogP contribution is 2.32. The number of carbonyl (C=O) groups excluding carboxylic acids is 3. The number of ether oxygens (including phenoxy) is 4. The van der Waals surface area contributed by atoms with Crippen molar-refractivity contribution in [3.63, 3.8) is 0 Å². The summed E-state index contributed by atoms with van der Waals surface area (Å²) in [6, 6.07) is -1.58. The van der Waals surface area contributed by atoms with E-state index in [1.54, 1.807) is 6.92 Å².